The SMILES string of the molecule is CC[S+](CC)CC.CC[S+](CC)CC.CC[S+](CC)CC.[N-]=C=O.[N-]=C=O.[N-]=C=O. The summed E-state index contributed by atoms with van der Waals surface area (Å²) in [7, 11) is 2.26. The first-order chi connectivity index (χ1) is 14.3. The van der Waals surface area contributed by atoms with Crippen LogP contribution in [0.1, 0.15) is 62.3 Å². The van der Waals surface area contributed by atoms with E-state index in [1.807, 2.05) is 0 Å². The van der Waals surface area contributed by atoms with E-state index in [1.165, 1.54) is 51.8 Å². The van der Waals surface area contributed by atoms with Crippen molar-refractivity contribution < 1.29 is 14.4 Å². The van der Waals surface area contributed by atoms with Crippen molar-refractivity contribution in [3.8, 4) is 0 Å². The van der Waals surface area contributed by atoms with Gasteiger partial charge >= 0.3 is 0 Å². The lowest BCUT2D eigenvalue weighted by molar-refractivity contribution is 0.568. The van der Waals surface area contributed by atoms with Crippen LogP contribution in [0.15, 0.2) is 0 Å². The Kier molecular flexibility index (Phi) is 73.5. The van der Waals surface area contributed by atoms with Gasteiger partial charge in [-0.25, -0.2) is 0 Å². The van der Waals surface area contributed by atoms with Crippen LogP contribution in [0.25, 0.3) is 16.2 Å². The summed E-state index contributed by atoms with van der Waals surface area (Å²) in [5.74, 6) is 12.4. The van der Waals surface area contributed by atoms with E-state index < -0.39 is 0 Å². The summed E-state index contributed by atoms with van der Waals surface area (Å²) in [6.45, 7) is 20.5. The number of nitrogens with zero attached hydrogens (tertiary/aromatic N) is 3. The van der Waals surface area contributed by atoms with Crippen LogP contribution in [0.5, 0.6) is 0 Å². The molecule has 0 aromatic heterocycles. The summed E-state index contributed by atoms with van der Waals surface area (Å²) in [6.07, 6.45) is 1.50. The average molecular weight is 484 g/mol. The number of carbonyl (C=O) groups excluding carboxylic acids is 3. The Morgan fingerprint density at radius 1 is 0.400 bits per heavy atom. The Balaban J connectivity index is -0.0000000603. The van der Waals surface area contributed by atoms with Gasteiger partial charge in [-0.15, -0.1) is 0 Å². The van der Waals surface area contributed by atoms with Crippen molar-refractivity contribution in [3.63, 3.8) is 0 Å². The molecule has 0 aromatic rings. The fraction of sp³-hybridized carbons (Fsp3) is 0.857. The van der Waals surface area contributed by atoms with Gasteiger partial charge in [-0.3, -0.25) is 14.4 Å². The topological polar surface area (TPSA) is 118 Å². The van der Waals surface area contributed by atoms with Crippen LogP contribution in [0.4, 0.5) is 0 Å². The summed E-state index contributed by atoms with van der Waals surface area (Å²) in [4.78, 5) is 24.7. The molecule has 180 valence electrons. The van der Waals surface area contributed by atoms with E-state index in [0.717, 1.165) is 32.7 Å². The van der Waals surface area contributed by atoms with Crippen molar-refractivity contribution in [3.05, 3.63) is 16.2 Å². The maximum absolute atomic E-state index is 8.24. The molecule has 30 heavy (non-hydrogen) atoms. The Morgan fingerprint density at radius 3 is 0.467 bits per heavy atom. The van der Waals surface area contributed by atoms with Gasteiger partial charge < -0.3 is 16.2 Å². The van der Waals surface area contributed by atoms with Gasteiger partial charge in [0.1, 0.15) is 51.8 Å². The monoisotopic (exact) mass is 483 g/mol. The van der Waals surface area contributed by atoms with Crippen LogP contribution < -0.4 is 0 Å². The van der Waals surface area contributed by atoms with Crippen molar-refractivity contribution in [1.29, 1.82) is 0 Å². The summed E-state index contributed by atoms with van der Waals surface area (Å²) >= 11 is 0. The van der Waals surface area contributed by atoms with Crippen molar-refractivity contribution in [2.45, 2.75) is 62.3 Å². The fourth-order valence-electron chi connectivity index (χ4n) is 1.84. The van der Waals surface area contributed by atoms with Gasteiger partial charge in [0.15, 0.2) is 0 Å². The van der Waals surface area contributed by atoms with E-state index in [-0.39, 0.29) is 0 Å². The molecule has 0 aliphatic heterocycles. The molecule has 0 bridgehead atoms. The third-order valence-corrected chi connectivity index (χ3v) is 11.0. The smallest absolute Gasteiger partial charge is 0.105 e. The van der Waals surface area contributed by atoms with Crippen LogP contribution >= 0.6 is 0 Å². The standard InChI is InChI=1S/3C6H15S.3CNO/c3*1-4-7(5-2)6-3;3*2-1-3/h3*4-6H2,1-3H3;;;/q3*+1;3*-1. The molecule has 0 amide bonds. The number of hydrogen-bond acceptors (Lipinski definition) is 3. The Hall–Kier alpha value is -0.810. The predicted octanol–water partition coefficient (Wildman–Crippen LogP) is 4.67. The van der Waals surface area contributed by atoms with Crippen molar-refractivity contribution in [1.82, 2.24) is 0 Å². The van der Waals surface area contributed by atoms with Gasteiger partial charge in [0.2, 0.25) is 0 Å². The Bertz CT molecular complexity index is 297. The highest BCUT2D eigenvalue weighted by molar-refractivity contribution is 7.97. The number of rotatable bonds is 9. The highest BCUT2D eigenvalue weighted by Gasteiger charge is 2.06. The molecule has 0 saturated heterocycles. The van der Waals surface area contributed by atoms with Crippen molar-refractivity contribution in [2.75, 3.05) is 51.8 Å². The van der Waals surface area contributed by atoms with Gasteiger partial charge in [0.05, 0.1) is 0 Å². The molecule has 6 nitrogen and oxygen atoms in total. The third kappa shape index (κ3) is 63.1. The molecule has 0 aromatic carbocycles. The van der Waals surface area contributed by atoms with Gasteiger partial charge in [-0.05, 0) is 113 Å². The van der Waals surface area contributed by atoms with E-state index in [1.54, 1.807) is 0 Å². The molecule has 0 heterocycles. The molecule has 0 atom stereocenters. The second-order valence-corrected chi connectivity index (χ2v) is 13.6. The Labute approximate surface area is 195 Å². The van der Waals surface area contributed by atoms with E-state index in [0.29, 0.717) is 18.2 Å². The van der Waals surface area contributed by atoms with Crippen LogP contribution in [0, 0.1) is 0 Å². The first-order valence-corrected chi connectivity index (χ1v) is 15.4. The van der Waals surface area contributed by atoms with Crippen LogP contribution in [-0.2, 0) is 47.1 Å². The van der Waals surface area contributed by atoms with Crippen LogP contribution in [-0.4, -0.2) is 70.0 Å². The largest absolute Gasteiger partial charge is 0.724 e. The summed E-state index contributed by atoms with van der Waals surface area (Å²) in [6, 6.07) is 0. The first-order valence-electron chi connectivity index (χ1n) is 10.2. The highest BCUT2D eigenvalue weighted by atomic mass is 32.2. The minimum atomic E-state index is 0.500. The lowest BCUT2D eigenvalue weighted by Crippen LogP contribution is -2.09. The molecule has 0 radical (unpaired) electrons. The molecule has 0 saturated carbocycles. The van der Waals surface area contributed by atoms with Crippen molar-refractivity contribution >= 4 is 50.9 Å². The number of isocyanates is 3. The van der Waals surface area contributed by atoms with E-state index in [4.69, 9.17) is 30.6 Å². The molecule has 0 spiro atoms. The Morgan fingerprint density at radius 2 is 0.467 bits per heavy atom. The van der Waals surface area contributed by atoms with Gasteiger partial charge in [-0.2, -0.15) is 0 Å². The molecule has 0 rings (SSSR count). The molecule has 0 aliphatic carbocycles. The molecule has 0 unspecified atom stereocenters. The van der Waals surface area contributed by atoms with Crippen LogP contribution in [0.3, 0.4) is 0 Å². The van der Waals surface area contributed by atoms with Gasteiger partial charge in [0, 0.05) is 0 Å². The molecule has 9 heteroatoms. The number of hydrogen-bond donors (Lipinski definition) is 0. The molecule has 0 aliphatic rings. The molecule has 0 N–H and O–H groups in total. The second-order valence-electron chi connectivity index (χ2n) is 4.71. The second kappa shape index (κ2) is 51.1. The van der Waals surface area contributed by atoms with Gasteiger partial charge in [0.25, 0.3) is 0 Å². The minimum Gasteiger partial charge on any atom is -0.724 e. The first kappa shape index (κ1) is 43.1. The maximum Gasteiger partial charge on any atom is 0.105 e. The lowest BCUT2D eigenvalue weighted by atomic mass is 10.9. The quantitative estimate of drug-likeness (QED) is 0.269. The fourth-order valence-corrected chi connectivity index (χ4v) is 5.51. The normalized spacial score (nSPS) is 8.00. The zero-order chi connectivity index (χ0) is 25.2. The minimum absolute atomic E-state index is 0.500. The van der Waals surface area contributed by atoms with E-state index >= 15 is 0 Å². The zero-order valence-electron chi connectivity index (χ0n) is 20.7. The lowest BCUT2D eigenvalue weighted by Gasteiger charge is -1.96. The maximum atomic E-state index is 8.24. The third-order valence-electron chi connectivity index (χ3n) is 3.67. The van der Waals surface area contributed by atoms with E-state index in [2.05, 4.69) is 62.3 Å². The zero-order valence-corrected chi connectivity index (χ0v) is 23.1. The average Bonchev–Trinajstić information content (AvgIpc) is 2.75. The molecular weight excluding hydrogens is 438 g/mol. The summed E-state index contributed by atoms with van der Waals surface area (Å²) in [5, 5.41) is 20.3. The molecule has 0 fully saturated rings. The predicted molar refractivity (Wildman–Crippen MR) is 144 cm³/mol. The van der Waals surface area contributed by atoms with E-state index in [9.17, 15) is 0 Å². The highest BCUT2D eigenvalue weighted by Crippen LogP contribution is 1.94. The summed E-state index contributed by atoms with van der Waals surface area (Å²) in [5.41, 5.74) is 0. The van der Waals surface area contributed by atoms with Gasteiger partial charge in [-0.1, -0.05) is 0 Å². The van der Waals surface area contributed by atoms with Crippen LogP contribution in [0.2, 0.25) is 0 Å². The molecular formula is C21H45N3O3S3. The van der Waals surface area contributed by atoms with Crippen molar-refractivity contribution in [2.24, 2.45) is 0 Å². The summed E-state index contributed by atoms with van der Waals surface area (Å²) < 4.78 is 0.